The molecule has 0 saturated heterocycles. The third-order valence-electron chi connectivity index (χ3n) is 3.23. The van der Waals surface area contributed by atoms with Crippen molar-refractivity contribution < 1.29 is 19.0 Å². The van der Waals surface area contributed by atoms with E-state index in [0.717, 1.165) is 11.3 Å². The number of rotatable bonds is 7. The Morgan fingerprint density at radius 1 is 1.26 bits per heavy atom. The van der Waals surface area contributed by atoms with Crippen LogP contribution in [0.1, 0.15) is 28.5 Å². The van der Waals surface area contributed by atoms with E-state index in [0.29, 0.717) is 24.4 Å². The van der Waals surface area contributed by atoms with Crippen molar-refractivity contribution >= 4 is 12.0 Å². The topological polar surface area (TPSA) is 62.6 Å². The molecule has 6 heteroatoms. The molecule has 0 atom stereocenters. The third kappa shape index (κ3) is 4.12. The van der Waals surface area contributed by atoms with Crippen molar-refractivity contribution in [3.05, 3.63) is 53.5 Å². The van der Waals surface area contributed by atoms with Gasteiger partial charge in [-0.3, -0.25) is 4.68 Å². The maximum atomic E-state index is 12.0. The molecular weight excluding hydrogens is 296 g/mol. The van der Waals surface area contributed by atoms with Crippen LogP contribution in [0.15, 0.2) is 36.7 Å². The van der Waals surface area contributed by atoms with Gasteiger partial charge in [-0.05, 0) is 30.7 Å². The van der Waals surface area contributed by atoms with Crippen LogP contribution in [0.2, 0.25) is 0 Å². The molecule has 122 valence electrons. The van der Waals surface area contributed by atoms with Gasteiger partial charge in [0.05, 0.1) is 45.5 Å². The molecule has 1 heterocycles. The predicted octanol–water partition coefficient (Wildman–Crippen LogP) is 2.73. The Bertz CT molecular complexity index is 674. The molecule has 2 rings (SSSR count). The Kier molecular flexibility index (Phi) is 5.80. The number of carbonyl (C=O) groups is 1. The van der Waals surface area contributed by atoms with Gasteiger partial charge in [-0.2, -0.15) is 5.10 Å². The zero-order chi connectivity index (χ0) is 16.7. The van der Waals surface area contributed by atoms with Gasteiger partial charge >= 0.3 is 5.97 Å². The molecule has 0 bridgehead atoms. The number of carbonyl (C=O) groups excluding carboxylic acids is 1. The highest BCUT2D eigenvalue weighted by atomic mass is 16.5. The Morgan fingerprint density at radius 3 is 2.61 bits per heavy atom. The van der Waals surface area contributed by atoms with Crippen molar-refractivity contribution in [2.24, 2.45) is 0 Å². The first-order chi connectivity index (χ1) is 11.2. The predicted molar refractivity (Wildman–Crippen MR) is 86.3 cm³/mol. The van der Waals surface area contributed by atoms with Crippen LogP contribution in [0, 0.1) is 0 Å². The van der Waals surface area contributed by atoms with Crippen LogP contribution in [-0.2, 0) is 16.0 Å². The molecule has 23 heavy (non-hydrogen) atoms. The number of aromatic nitrogens is 2. The van der Waals surface area contributed by atoms with Crippen LogP contribution in [0.25, 0.3) is 6.08 Å². The summed E-state index contributed by atoms with van der Waals surface area (Å²) < 4.78 is 16.9. The summed E-state index contributed by atoms with van der Waals surface area (Å²) in [7, 11) is 3.17. The average Bonchev–Trinajstić information content (AvgIpc) is 2.96. The van der Waals surface area contributed by atoms with E-state index in [4.69, 9.17) is 14.2 Å². The number of esters is 1. The number of ether oxygens (including phenoxy) is 3. The van der Waals surface area contributed by atoms with Crippen molar-refractivity contribution in [1.29, 1.82) is 0 Å². The molecule has 0 spiro atoms. The molecule has 0 amide bonds. The zero-order valence-corrected chi connectivity index (χ0v) is 13.5. The lowest BCUT2D eigenvalue weighted by Gasteiger charge is -2.07. The van der Waals surface area contributed by atoms with Crippen molar-refractivity contribution in [2.75, 3.05) is 20.8 Å². The van der Waals surface area contributed by atoms with E-state index in [1.807, 2.05) is 24.3 Å². The smallest absolute Gasteiger partial charge is 0.341 e. The Hall–Kier alpha value is -2.76. The summed E-state index contributed by atoms with van der Waals surface area (Å²) in [6.45, 7) is 2.60. The summed E-state index contributed by atoms with van der Waals surface area (Å²) in [4.78, 5) is 12.0. The number of methoxy groups -OCH3 is 2. The van der Waals surface area contributed by atoms with Gasteiger partial charge in [0.15, 0.2) is 0 Å². The minimum Gasteiger partial charge on any atom is -0.504 e. The van der Waals surface area contributed by atoms with Crippen LogP contribution >= 0.6 is 0 Å². The van der Waals surface area contributed by atoms with Crippen molar-refractivity contribution in [3.63, 3.8) is 0 Å². The Morgan fingerprint density at radius 2 is 2.00 bits per heavy atom. The summed E-state index contributed by atoms with van der Waals surface area (Å²) in [5, 5.41) is 4.29. The van der Waals surface area contributed by atoms with Crippen molar-refractivity contribution in [3.8, 4) is 5.75 Å². The molecule has 0 saturated carbocycles. The molecule has 0 aliphatic rings. The number of benzene rings is 1. The first-order valence-corrected chi connectivity index (χ1v) is 7.24. The lowest BCUT2D eigenvalue weighted by molar-refractivity contribution is 0.0526. The maximum Gasteiger partial charge on any atom is 0.341 e. The van der Waals surface area contributed by atoms with E-state index in [9.17, 15) is 4.79 Å². The Labute approximate surface area is 135 Å². The minimum absolute atomic E-state index is 0.315. The van der Waals surface area contributed by atoms with Gasteiger partial charge in [-0.15, -0.1) is 0 Å². The van der Waals surface area contributed by atoms with Gasteiger partial charge in [0.2, 0.25) is 0 Å². The van der Waals surface area contributed by atoms with E-state index in [2.05, 4.69) is 5.10 Å². The van der Waals surface area contributed by atoms with Gasteiger partial charge < -0.3 is 14.2 Å². The summed E-state index contributed by atoms with van der Waals surface area (Å²) in [6.07, 6.45) is 4.71. The fourth-order valence-electron chi connectivity index (χ4n) is 2.10. The number of hydrogen-bond acceptors (Lipinski definition) is 5. The summed E-state index contributed by atoms with van der Waals surface area (Å²) in [6, 6.07) is 7.67. The lowest BCUT2D eigenvalue weighted by Crippen LogP contribution is -2.08. The fraction of sp³-hybridized carbons (Fsp3) is 0.294. The van der Waals surface area contributed by atoms with Crippen LogP contribution in [0.4, 0.5) is 0 Å². The molecule has 0 N–H and O–H groups in total. The first-order valence-electron chi connectivity index (χ1n) is 7.24. The maximum absolute atomic E-state index is 12.0. The summed E-state index contributed by atoms with van der Waals surface area (Å²) in [5.41, 5.74) is 2.09. The zero-order valence-electron chi connectivity index (χ0n) is 13.5. The fourth-order valence-corrected chi connectivity index (χ4v) is 2.10. The van der Waals surface area contributed by atoms with Gasteiger partial charge in [-0.25, -0.2) is 4.79 Å². The summed E-state index contributed by atoms with van der Waals surface area (Å²) >= 11 is 0. The molecule has 0 fully saturated rings. The first kappa shape index (κ1) is 16.6. The van der Waals surface area contributed by atoms with E-state index in [-0.39, 0.29) is 0 Å². The molecule has 1 aromatic heterocycles. The molecule has 2 aromatic rings. The molecule has 0 aliphatic heterocycles. The van der Waals surface area contributed by atoms with Crippen molar-refractivity contribution in [2.45, 2.75) is 13.5 Å². The van der Waals surface area contributed by atoms with E-state index in [1.54, 1.807) is 31.9 Å². The van der Waals surface area contributed by atoms with E-state index < -0.39 is 5.97 Å². The quantitative estimate of drug-likeness (QED) is 0.580. The monoisotopic (exact) mass is 316 g/mol. The lowest BCUT2D eigenvalue weighted by atomic mass is 10.2. The van der Waals surface area contributed by atoms with Gasteiger partial charge in [0.1, 0.15) is 11.3 Å². The van der Waals surface area contributed by atoms with E-state index in [1.165, 1.54) is 12.5 Å². The second-order valence-corrected chi connectivity index (χ2v) is 4.71. The normalized spacial score (nSPS) is 10.7. The second-order valence-electron chi connectivity index (χ2n) is 4.71. The van der Waals surface area contributed by atoms with Gasteiger partial charge in [0.25, 0.3) is 0 Å². The molecule has 1 aromatic carbocycles. The minimum atomic E-state index is -0.399. The number of nitrogens with zero attached hydrogens (tertiary/aromatic N) is 2. The summed E-state index contributed by atoms with van der Waals surface area (Å²) in [5.74, 6) is 0.394. The van der Waals surface area contributed by atoms with Crippen LogP contribution in [-0.4, -0.2) is 36.6 Å². The van der Waals surface area contributed by atoms with E-state index >= 15 is 0 Å². The SMILES string of the molecule is CCOC(=O)c1cnn(Cc2ccc(OC)cc2)c1/C=C/OC. The molecule has 6 nitrogen and oxygen atoms in total. The van der Waals surface area contributed by atoms with Gasteiger partial charge in [-0.1, -0.05) is 12.1 Å². The second kappa shape index (κ2) is 8.03. The highest BCUT2D eigenvalue weighted by Gasteiger charge is 2.17. The highest BCUT2D eigenvalue weighted by Crippen LogP contribution is 2.17. The molecule has 0 radical (unpaired) electrons. The molecular formula is C17H20N2O4. The highest BCUT2D eigenvalue weighted by molar-refractivity contribution is 5.92. The Balaban J connectivity index is 2.29. The number of hydrogen-bond donors (Lipinski definition) is 0. The van der Waals surface area contributed by atoms with Crippen LogP contribution in [0.3, 0.4) is 0 Å². The van der Waals surface area contributed by atoms with Crippen LogP contribution in [0.5, 0.6) is 5.75 Å². The third-order valence-corrected chi connectivity index (χ3v) is 3.23. The van der Waals surface area contributed by atoms with Crippen LogP contribution < -0.4 is 4.74 Å². The average molecular weight is 316 g/mol. The molecule has 0 unspecified atom stereocenters. The largest absolute Gasteiger partial charge is 0.504 e. The molecule has 0 aliphatic carbocycles. The van der Waals surface area contributed by atoms with Crippen molar-refractivity contribution in [1.82, 2.24) is 9.78 Å². The van der Waals surface area contributed by atoms with Gasteiger partial charge in [0, 0.05) is 0 Å². The standard InChI is InChI=1S/C17H20N2O4/c1-4-23-17(20)15-11-18-19(16(15)9-10-21-2)12-13-5-7-14(22-3)8-6-13/h5-11H,4,12H2,1-3H3/b10-9+.